The first-order valence-corrected chi connectivity index (χ1v) is 12.1. The van der Waals surface area contributed by atoms with E-state index < -0.39 is 17.1 Å². The zero-order valence-corrected chi connectivity index (χ0v) is 20.5. The van der Waals surface area contributed by atoms with E-state index in [4.69, 9.17) is 16.6 Å². The second kappa shape index (κ2) is 9.34. The third-order valence-electron chi connectivity index (χ3n) is 6.95. The van der Waals surface area contributed by atoms with E-state index in [1.807, 2.05) is 6.07 Å². The Morgan fingerprint density at radius 1 is 1.00 bits per heavy atom. The monoisotopic (exact) mass is 495 g/mol. The molecule has 1 aliphatic rings. The molecule has 0 N–H and O–H groups in total. The molecule has 0 saturated carbocycles. The number of anilines is 1. The van der Waals surface area contributed by atoms with Gasteiger partial charge >= 0.3 is 5.69 Å². The molecular weight excluding hydrogens is 469 g/mol. The van der Waals surface area contributed by atoms with E-state index in [0.717, 1.165) is 36.9 Å². The van der Waals surface area contributed by atoms with Crippen molar-refractivity contribution >= 4 is 28.7 Å². The molecule has 0 radical (unpaired) electrons. The second-order valence-corrected chi connectivity index (χ2v) is 9.62. The molecule has 0 unspecified atom stereocenters. The van der Waals surface area contributed by atoms with E-state index in [2.05, 4.69) is 29.2 Å². The second-order valence-electron chi connectivity index (χ2n) is 9.21. The molecule has 1 fully saturated rings. The fourth-order valence-electron chi connectivity index (χ4n) is 4.95. The van der Waals surface area contributed by atoms with Crippen LogP contribution in [0.2, 0.25) is 5.02 Å². The first-order chi connectivity index (χ1) is 16.8. The van der Waals surface area contributed by atoms with Crippen LogP contribution in [0, 0.1) is 11.7 Å². The van der Waals surface area contributed by atoms with Crippen molar-refractivity contribution in [2.24, 2.45) is 20.0 Å². The average molecular weight is 496 g/mol. The fraction of sp³-hybridized carbons (Fsp3) is 0.346. The maximum Gasteiger partial charge on any atom is 0.332 e. The Morgan fingerprint density at radius 3 is 2.43 bits per heavy atom. The van der Waals surface area contributed by atoms with Gasteiger partial charge in [-0.1, -0.05) is 54.1 Å². The minimum absolute atomic E-state index is 0.0236. The van der Waals surface area contributed by atoms with E-state index in [9.17, 15) is 14.0 Å². The normalized spacial score (nSPS) is 14.7. The topological polar surface area (TPSA) is 65.1 Å². The minimum Gasteiger partial charge on any atom is -0.342 e. The first-order valence-electron chi connectivity index (χ1n) is 11.7. The molecule has 9 heteroatoms. The summed E-state index contributed by atoms with van der Waals surface area (Å²) in [4.78, 5) is 32.6. The van der Waals surface area contributed by atoms with E-state index in [1.165, 1.54) is 23.2 Å². The maximum absolute atomic E-state index is 14.8. The van der Waals surface area contributed by atoms with Gasteiger partial charge in [-0.2, -0.15) is 4.98 Å². The number of nitrogens with zero attached hydrogens (tertiary/aromatic N) is 5. The first kappa shape index (κ1) is 23.4. The molecule has 2 aromatic carbocycles. The van der Waals surface area contributed by atoms with Gasteiger partial charge in [-0.25, -0.2) is 9.18 Å². The minimum atomic E-state index is -0.523. The van der Waals surface area contributed by atoms with Crippen molar-refractivity contribution in [1.82, 2.24) is 18.7 Å². The Hall–Kier alpha value is -3.39. The molecular formula is C26H27ClFN5O2. The number of hydrogen-bond donors (Lipinski definition) is 0. The Kier molecular flexibility index (Phi) is 6.23. The standard InChI is InChI=1S/C26H27ClFN5O2/c1-30-23-22(24(34)31(2)26(30)35)33(16-19-9-6-10-20(27)21(19)28)25(29-23)32-13-11-18(12-14-32)15-17-7-4-3-5-8-17/h3-10,18H,11-16H2,1-2H3. The number of piperidine rings is 1. The van der Waals surface area contributed by atoms with Crippen LogP contribution >= 0.6 is 11.6 Å². The summed E-state index contributed by atoms with van der Waals surface area (Å²) >= 11 is 6.02. The Morgan fingerprint density at radius 2 is 1.71 bits per heavy atom. The summed E-state index contributed by atoms with van der Waals surface area (Å²) in [7, 11) is 3.04. The van der Waals surface area contributed by atoms with Crippen molar-refractivity contribution in [3.05, 3.63) is 91.3 Å². The molecule has 0 spiro atoms. The molecule has 7 nitrogen and oxygen atoms in total. The number of fused-ring (bicyclic) bond motifs is 1. The predicted octanol–water partition coefficient (Wildman–Crippen LogP) is 3.73. The van der Waals surface area contributed by atoms with Gasteiger partial charge in [0.25, 0.3) is 5.56 Å². The highest BCUT2D eigenvalue weighted by Gasteiger charge is 2.27. The van der Waals surface area contributed by atoms with Crippen LogP contribution in [0.25, 0.3) is 11.2 Å². The van der Waals surface area contributed by atoms with Gasteiger partial charge in [0.05, 0.1) is 11.6 Å². The van der Waals surface area contributed by atoms with Gasteiger partial charge in [0.1, 0.15) is 5.82 Å². The number of aryl methyl sites for hydroxylation is 1. The predicted molar refractivity (Wildman–Crippen MR) is 136 cm³/mol. The van der Waals surface area contributed by atoms with E-state index in [1.54, 1.807) is 23.7 Å². The number of rotatable bonds is 5. The lowest BCUT2D eigenvalue weighted by molar-refractivity contribution is 0.398. The lowest BCUT2D eigenvalue weighted by Crippen LogP contribution is -2.38. The highest BCUT2D eigenvalue weighted by molar-refractivity contribution is 6.30. The van der Waals surface area contributed by atoms with E-state index >= 15 is 0 Å². The highest BCUT2D eigenvalue weighted by atomic mass is 35.5. The highest BCUT2D eigenvalue weighted by Crippen LogP contribution is 2.29. The van der Waals surface area contributed by atoms with Crippen LogP contribution in [0.15, 0.2) is 58.1 Å². The Labute approximate surface area is 207 Å². The Balaban J connectivity index is 1.54. The molecule has 2 aromatic heterocycles. The quantitative estimate of drug-likeness (QED) is 0.423. The summed E-state index contributed by atoms with van der Waals surface area (Å²) in [5.74, 6) is 0.593. The summed E-state index contributed by atoms with van der Waals surface area (Å²) < 4.78 is 19.0. The van der Waals surface area contributed by atoms with Crippen LogP contribution in [-0.2, 0) is 27.1 Å². The summed E-state index contributed by atoms with van der Waals surface area (Å²) in [6, 6.07) is 15.3. The van der Waals surface area contributed by atoms with Crippen LogP contribution in [0.1, 0.15) is 24.0 Å². The molecule has 1 saturated heterocycles. The van der Waals surface area contributed by atoms with Gasteiger partial charge in [0.2, 0.25) is 5.95 Å². The number of halogens is 2. The van der Waals surface area contributed by atoms with Crippen molar-refractivity contribution < 1.29 is 4.39 Å². The third kappa shape index (κ3) is 4.27. The van der Waals surface area contributed by atoms with Crippen molar-refractivity contribution in [2.45, 2.75) is 25.8 Å². The number of imidazole rings is 1. The van der Waals surface area contributed by atoms with Crippen molar-refractivity contribution in [3.8, 4) is 0 Å². The van der Waals surface area contributed by atoms with E-state index in [-0.39, 0.29) is 17.1 Å². The maximum atomic E-state index is 14.8. The zero-order valence-electron chi connectivity index (χ0n) is 19.7. The molecule has 3 heterocycles. The van der Waals surface area contributed by atoms with Crippen molar-refractivity contribution in [2.75, 3.05) is 18.0 Å². The summed E-state index contributed by atoms with van der Waals surface area (Å²) in [5, 5.41) is 0.0236. The van der Waals surface area contributed by atoms with Crippen LogP contribution in [0.5, 0.6) is 0 Å². The third-order valence-corrected chi connectivity index (χ3v) is 7.24. The molecule has 0 atom stereocenters. The average Bonchev–Trinajstić information content (AvgIpc) is 3.24. The molecule has 5 rings (SSSR count). The lowest BCUT2D eigenvalue weighted by Gasteiger charge is -2.33. The molecule has 1 aliphatic heterocycles. The molecule has 4 aromatic rings. The molecule has 0 amide bonds. The zero-order chi connectivity index (χ0) is 24.7. The number of hydrogen-bond acceptors (Lipinski definition) is 4. The Bertz CT molecular complexity index is 1500. The molecule has 0 bridgehead atoms. The molecule has 35 heavy (non-hydrogen) atoms. The van der Waals surface area contributed by atoms with E-state index in [0.29, 0.717) is 23.1 Å². The summed E-state index contributed by atoms with van der Waals surface area (Å²) in [5.41, 5.74) is 1.34. The smallest absolute Gasteiger partial charge is 0.332 e. The van der Waals surface area contributed by atoms with Crippen LogP contribution < -0.4 is 16.1 Å². The number of benzene rings is 2. The fourth-order valence-corrected chi connectivity index (χ4v) is 5.15. The van der Waals surface area contributed by atoms with Crippen molar-refractivity contribution in [1.29, 1.82) is 0 Å². The molecule has 182 valence electrons. The van der Waals surface area contributed by atoms with Gasteiger partial charge in [0.15, 0.2) is 11.2 Å². The largest absolute Gasteiger partial charge is 0.342 e. The van der Waals surface area contributed by atoms with Crippen LogP contribution in [0.4, 0.5) is 10.3 Å². The van der Waals surface area contributed by atoms with Gasteiger partial charge in [0, 0.05) is 32.7 Å². The van der Waals surface area contributed by atoms with Gasteiger partial charge in [-0.15, -0.1) is 0 Å². The van der Waals surface area contributed by atoms with Crippen LogP contribution in [-0.4, -0.2) is 31.8 Å². The van der Waals surface area contributed by atoms with Gasteiger partial charge in [-0.05, 0) is 36.8 Å². The van der Waals surface area contributed by atoms with Gasteiger partial charge in [-0.3, -0.25) is 18.5 Å². The number of aromatic nitrogens is 4. The summed E-state index contributed by atoms with van der Waals surface area (Å²) in [6.45, 7) is 1.59. The molecule has 0 aliphatic carbocycles. The SMILES string of the molecule is Cn1c(=O)c2c(nc(N3CCC(Cc4ccccc4)CC3)n2Cc2cccc(Cl)c2F)n(C)c1=O. The van der Waals surface area contributed by atoms with Gasteiger partial charge < -0.3 is 4.90 Å². The van der Waals surface area contributed by atoms with Crippen molar-refractivity contribution in [3.63, 3.8) is 0 Å². The summed E-state index contributed by atoms with van der Waals surface area (Å²) in [6.07, 6.45) is 2.97. The lowest BCUT2D eigenvalue weighted by atomic mass is 9.90. The van der Waals surface area contributed by atoms with Crippen LogP contribution in [0.3, 0.4) is 0 Å².